The summed E-state index contributed by atoms with van der Waals surface area (Å²) < 4.78 is 22.6. The van der Waals surface area contributed by atoms with Crippen LogP contribution in [0.4, 0.5) is 10.6 Å². The Bertz CT molecular complexity index is 545. The summed E-state index contributed by atoms with van der Waals surface area (Å²) >= 11 is 3.32. The van der Waals surface area contributed by atoms with Crippen molar-refractivity contribution in [3.05, 3.63) is 22.3 Å². The van der Waals surface area contributed by atoms with Crippen LogP contribution in [0.1, 0.15) is 5.56 Å². The zero-order valence-corrected chi connectivity index (χ0v) is 12.4. The first kappa shape index (κ1) is 14.9. The second-order valence-electron chi connectivity index (χ2n) is 3.78. The zero-order valence-electron chi connectivity index (χ0n) is 10.0. The van der Waals surface area contributed by atoms with Gasteiger partial charge in [-0.1, -0.05) is 15.9 Å². The third-order valence-corrected chi connectivity index (χ3v) is 3.93. The smallest absolute Gasteiger partial charge is 0.320 e. The van der Waals surface area contributed by atoms with E-state index in [0.29, 0.717) is 5.82 Å². The number of rotatable bonds is 4. The number of halogens is 1. The van der Waals surface area contributed by atoms with E-state index in [2.05, 4.69) is 31.5 Å². The van der Waals surface area contributed by atoms with E-state index in [9.17, 15) is 13.2 Å². The Balaban J connectivity index is 2.53. The van der Waals surface area contributed by atoms with E-state index in [4.69, 9.17) is 0 Å². The Labute approximate surface area is 114 Å². The van der Waals surface area contributed by atoms with Crippen LogP contribution < -0.4 is 10.6 Å². The van der Waals surface area contributed by atoms with Gasteiger partial charge in [0.1, 0.15) is 15.7 Å². The average molecular weight is 336 g/mol. The average Bonchev–Trinajstić information content (AvgIpc) is 2.23. The summed E-state index contributed by atoms with van der Waals surface area (Å²) in [6.45, 7) is 1.88. The number of carbonyl (C=O) groups is 1. The number of anilines is 1. The van der Waals surface area contributed by atoms with Gasteiger partial charge in [-0.05, 0) is 13.0 Å². The van der Waals surface area contributed by atoms with Gasteiger partial charge in [0, 0.05) is 29.0 Å². The number of nitrogens with zero attached hydrogens (tertiary/aromatic N) is 1. The van der Waals surface area contributed by atoms with Crippen molar-refractivity contribution in [1.82, 2.24) is 10.3 Å². The van der Waals surface area contributed by atoms with E-state index in [-0.39, 0.29) is 12.3 Å². The molecule has 6 nitrogen and oxygen atoms in total. The molecule has 0 radical (unpaired) electrons. The second-order valence-corrected chi connectivity index (χ2v) is 6.89. The highest BCUT2D eigenvalue weighted by atomic mass is 79.9. The predicted octanol–water partition coefficient (Wildman–Crippen LogP) is 1.32. The summed E-state index contributed by atoms with van der Waals surface area (Å²) in [7, 11) is -3.07. The Morgan fingerprint density at radius 3 is 2.78 bits per heavy atom. The quantitative estimate of drug-likeness (QED) is 0.868. The minimum Gasteiger partial charge on any atom is -0.337 e. The number of aromatic nitrogens is 1. The lowest BCUT2D eigenvalue weighted by Gasteiger charge is -2.09. The van der Waals surface area contributed by atoms with Crippen LogP contribution in [0.2, 0.25) is 0 Å². The number of nitrogens with one attached hydrogen (secondary N) is 2. The number of hydrogen-bond acceptors (Lipinski definition) is 4. The fraction of sp³-hybridized carbons (Fsp3) is 0.400. The molecule has 1 rings (SSSR count). The largest absolute Gasteiger partial charge is 0.337 e. The molecule has 0 aliphatic carbocycles. The molecule has 0 bridgehead atoms. The van der Waals surface area contributed by atoms with E-state index in [1.807, 2.05) is 6.92 Å². The molecule has 100 valence electrons. The minimum atomic E-state index is -3.07. The van der Waals surface area contributed by atoms with Crippen molar-refractivity contribution in [2.24, 2.45) is 0 Å². The number of sulfone groups is 1. The van der Waals surface area contributed by atoms with Crippen LogP contribution in [0.15, 0.2) is 16.7 Å². The van der Waals surface area contributed by atoms with Gasteiger partial charge in [-0.15, -0.1) is 0 Å². The maximum atomic E-state index is 11.5. The molecule has 0 aromatic carbocycles. The molecular weight excluding hydrogens is 322 g/mol. The molecule has 0 saturated carbocycles. The maximum Gasteiger partial charge on any atom is 0.320 e. The molecule has 0 spiro atoms. The van der Waals surface area contributed by atoms with Crippen molar-refractivity contribution in [2.75, 3.05) is 23.9 Å². The van der Waals surface area contributed by atoms with Gasteiger partial charge in [0.2, 0.25) is 0 Å². The molecule has 0 fully saturated rings. The molecule has 8 heteroatoms. The first-order chi connectivity index (χ1) is 8.29. The zero-order chi connectivity index (χ0) is 13.8. The standard InChI is InChI=1S/C10H14BrN3O3S/c1-7-8(11)3-4-12-9(7)14-10(15)13-5-6-18(2,16)17/h3-4H,5-6H2,1-2H3,(H2,12,13,14,15). The van der Waals surface area contributed by atoms with Crippen LogP contribution in [-0.4, -0.2) is 38.0 Å². The highest BCUT2D eigenvalue weighted by Gasteiger charge is 2.08. The van der Waals surface area contributed by atoms with Crippen molar-refractivity contribution in [3.63, 3.8) is 0 Å². The molecule has 1 aromatic heterocycles. The molecule has 1 aromatic rings. The SMILES string of the molecule is Cc1c(Br)ccnc1NC(=O)NCCS(C)(=O)=O. The number of urea groups is 1. The van der Waals surface area contributed by atoms with Gasteiger partial charge in [0.15, 0.2) is 0 Å². The van der Waals surface area contributed by atoms with E-state index in [0.717, 1.165) is 16.3 Å². The van der Waals surface area contributed by atoms with Crippen LogP contribution in [-0.2, 0) is 9.84 Å². The lowest BCUT2D eigenvalue weighted by atomic mass is 10.3. The van der Waals surface area contributed by atoms with E-state index < -0.39 is 15.9 Å². The Morgan fingerprint density at radius 2 is 2.17 bits per heavy atom. The highest BCUT2D eigenvalue weighted by molar-refractivity contribution is 9.10. The lowest BCUT2D eigenvalue weighted by molar-refractivity contribution is 0.252. The van der Waals surface area contributed by atoms with E-state index in [1.54, 1.807) is 12.3 Å². The van der Waals surface area contributed by atoms with Gasteiger partial charge in [0.05, 0.1) is 5.75 Å². The van der Waals surface area contributed by atoms with Crippen molar-refractivity contribution in [1.29, 1.82) is 0 Å². The fourth-order valence-corrected chi connectivity index (χ4v) is 1.92. The Kier molecular flexibility index (Phi) is 5.09. The number of amides is 2. The molecule has 2 N–H and O–H groups in total. The molecule has 0 unspecified atom stereocenters. The van der Waals surface area contributed by atoms with Crippen LogP contribution in [0, 0.1) is 6.92 Å². The summed E-state index contributed by atoms with van der Waals surface area (Å²) in [6.07, 6.45) is 2.68. The van der Waals surface area contributed by atoms with Crippen molar-refractivity contribution in [3.8, 4) is 0 Å². The van der Waals surface area contributed by atoms with E-state index in [1.165, 1.54) is 0 Å². The molecule has 0 aliphatic rings. The van der Waals surface area contributed by atoms with E-state index >= 15 is 0 Å². The van der Waals surface area contributed by atoms with Crippen molar-refractivity contribution >= 4 is 37.6 Å². The van der Waals surface area contributed by atoms with Crippen LogP contribution in [0.25, 0.3) is 0 Å². The highest BCUT2D eigenvalue weighted by Crippen LogP contribution is 2.20. The van der Waals surface area contributed by atoms with Crippen LogP contribution in [0.5, 0.6) is 0 Å². The third-order valence-electron chi connectivity index (χ3n) is 2.13. The topological polar surface area (TPSA) is 88.2 Å². The molecule has 1 heterocycles. The van der Waals surface area contributed by atoms with Gasteiger partial charge in [0.25, 0.3) is 0 Å². The lowest BCUT2D eigenvalue weighted by Crippen LogP contribution is -2.33. The van der Waals surface area contributed by atoms with Gasteiger partial charge in [-0.3, -0.25) is 5.32 Å². The summed E-state index contributed by atoms with van der Waals surface area (Å²) in [5, 5.41) is 5.00. The fourth-order valence-electron chi connectivity index (χ4n) is 1.14. The first-order valence-corrected chi connectivity index (χ1v) is 7.98. The number of pyridine rings is 1. The normalized spacial score (nSPS) is 11.1. The summed E-state index contributed by atoms with van der Waals surface area (Å²) in [5.41, 5.74) is 0.802. The number of hydrogen-bond donors (Lipinski definition) is 2. The minimum absolute atomic E-state index is 0.0672. The summed E-state index contributed by atoms with van der Waals surface area (Å²) in [6, 6.07) is 1.29. The Morgan fingerprint density at radius 1 is 1.50 bits per heavy atom. The first-order valence-electron chi connectivity index (χ1n) is 5.13. The molecule has 0 atom stereocenters. The summed E-state index contributed by atoms with van der Waals surface area (Å²) in [4.78, 5) is 15.5. The second kappa shape index (κ2) is 6.14. The monoisotopic (exact) mass is 335 g/mol. The van der Waals surface area contributed by atoms with Gasteiger partial charge in [-0.25, -0.2) is 18.2 Å². The maximum absolute atomic E-state index is 11.5. The van der Waals surface area contributed by atoms with Crippen molar-refractivity contribution < 1.29 is 13.2 Å². The molecule has 0 aliphatic heterocycles. The van der Waals surface area contributed by atoms with Crippen LogP contribution in [0.3, 0.4) is 0 Å². The van der Waals surface area contributed by atoms with Crippen molar-refractivity contribution in [2.45, 2.75) is 6.92 Å². The third kappa shape index (κ3) is 5.01. The van der Waals surface area contributed by atoms with Gasteiger partial charge in [-0.2, -0.15) is 0 Å². The number of carbonyl (C=O) groups excluding carboxylic acids is 1. The van der Waals surface area contributed by atoms with Gasteiger partial charge >= 0.3 is 6.03 Å². The molecule has 0 saturated heterocycles. The molecule has 18 heavy (non-hydrogen) atoms. The van der Waals surface area contributed by atoms with Crippen LogP contribution >= 0.6 is 15.9 Å². The Hall–Kier alpha value is -1.15. The molecule has 2 amide bonds. The summed E-state index contributed by atoms with van der Waals surface area (Å²) in [5.74, 6) is 0.340. The predicted molar refractivity (Wildman–Crippen MR) is 73.4 cm³/mol. The van der Waals surface area contributed by atoms with Gasteiger partial charge < -0.3 is 5.32 Å². The molecular formula is C10H14BrN3O3S.